The first kappa shape index (κ1) is 16.1. The monoisotopic (exact) mass is 298 g/mol. The highest BCUT2D eigenvalue weighted by Crippen LogP contribution is 2.41. The molecule has 120 valence electrons. The summed E-state index contributed by atoms with van der Waals surface area (Å²) in [5.41, 5.74) is 0.113. The fourth-order valence-electron chi connectivity index (χ4n) is 3.43. The van der Waals surface area contributed by atoms with E-state index in [-0.39, 0.29) is 23.3 Å². The predicted molar refractivity (Wildman–Crippen MR) is 77.8 cm³/mol. The summed E-state index contributed by atoms with van der Waals surface area (Å²) in [7, 11) is 1.31. The van der Waals surface area contributed by atoms with Gasteiger partial charge in [-0.3, -0.25) is 4.79 Å². The molecule has 2 aliphatic heterocycles. The number of carbonyl (C=O) groups excluding carboxylic acids is 2. The Labute approximate surface area is 126 Å². The Hall–Kier alpha value is -1.30. The van der Waals surface area contributed by atoms with Gasteiger partial charge in [0.25, 0.3) is 0 Å². The van der Waals surface area contributed by atoms with Crippen LogP contribution in [0.5, 0.6) is 0 Å². The van der Waals surface area contributed by atoms with E-state index in [1.807, 2.05) is 18.7 Å². The van der Waals surface area contributed by atoms with Crippen molar-refractivity contribution in [3.8, 4) is 0 Å². The minimum atomic E-state index is -0.562. The molecule has 2 saturated heterocycles. The van der Waals surface area contributed by atoms with Crippen LogP contribution in [-0.2, 0) is 14.3 Å². The first-order valence-electron chi connectivity index (χ1n) is 7.61. The third kappa shape index (κ3) is 3.31. The van der Waals surface area contributed by atoms with Gasteiger partial charge in [0.05, 0.1) is 13.7 Å². The van der Waals surface area contributed by atoms with Crippen molar-refractivity contribution in [3.63, 3.8) is 0 Å². The molecule has 0 bridgehead atoms. The number of nitrogens with one attached hydrogen (secondary N) is 1. The second-order valence-corrected chi connectivity index (χ2v) is 6.68. The molecule has 3 atom stereocenters. The number of likely N-dealkylation sites (tertiary alicyclic amines) is 1. The number of nitrogens with zero attached hydrogens (tertiary/aromatic N) is 1. The van der Waals surface area contributed by atoms with E-state index >= 15 is 0 Å². The van der Waals surface area contributed by atoms with Gasteiger partial charge in [-0.15, -0.1) is 0 Å². The van der Waals surface area contributed by atoms with E-state index in [9.17, 15) is 9.59 Å². The molecule has 1 N–H and O–H groups in total. The van der Waals surface area contributed by atoms with E-state index in [1.54, 1.807) is 0 Å². The first-order chi connectivity index (χ1) is 9.88. The van der Waals surface area contributed by atoms with E-state index in [1.165, 1.54) is 7.11 Å². The van der Waals surface area contributed by atoms with Gasteiger partial charge in [0.1, 0.15) is 6.04 Å². The molecule has 2 fully saturated rings. The van der Waals surface area contributed by atoms with Gasteiger partial charge < -0.3 is 19.7 Å². The smallest absolute Gasteiger partial charge is 0.407 e. The zero-order chi connectivity index (χ0) is 15.6. The molecule has 6 nitrogen and oxygen atoms in total. The molecule has 0 aliphatic carbocycles. The van der Waals surface area contributed by atoms with Crippen LogP contribution < -0.4 is 5.32 Å². The van der Waals surface area contributed by atoms with Gasteiger partial charge in [0.15, 0.2) is 0 Å². The van der Waals surface area contributed by atoms with E-state index in [0.29, 0.717) is 0 Å². The fraction of sp³-hybridized carbons (Fsp3) is 0.867. The van der Waals surface area contributed by atoms with Gasteiger partial charge in [-0.2, -0.15) is 0 Å². The maximum atomic E-state index is 12.8. The van der Waals surface area contributed by atoms with E-state index in [4.69, 9.17) is 4.74 Å². The standard InChI is InChI=1S/C15H26N2O4/c1-10(2)12(16-14(19)20-4)13(18)17-8-15(7-11(17)3)5-6-21-9-15/h10-12H,5-9H2,1-4H3,(H,16,19)/t11-,12+,15+/m1/s1. The normalized spacial score (nSPS) is 30.0. The molecule has 0 aromatic carbocycles. The number of rotatable bonds is 3. The SMILES string of the molecule is COC(=O)N[C@H](C(=O)N1C[C@]2(CCOC2)C[C@H]1C)C(C)C. The lowest BCUT2D eigenvalue weighted by atomic mass is 9.85. The van der Waals surface area contributed by atoms with Gasteiger partial charge >= 0.3 is 6.09 Å². The lowest BCUT2D eigenvalue weighted by Crippen LogP contribution is -2.52. The Morgan fingerprint density at radius 1 is 1.43 bits per heavy atom. The summed E-state index contributed by atoms with van der Waals surface area (Å²) in [6, 6.07) is -0.364. The van der Waals surface area contributed by atoms with Crippen LogP contribution >= 0.6 is 0 Å². The Balaban J connectivity index is 2.08. The van der Waals surface area contributed by atoms with Crippen LogP contribution in [0.3, 0.4) is 0 Å². The predicted octanol–water partition coefficient (Wildman–Crippen LogP) is 1.39. The van der Waals surface area contributed by atoms with Crippen molar-refractivity contribution in [2.45, 2.75) is 45.7 Å². The average molecular weight is 298 g/mol. The Morgan fingerprint density at radius 3 is 2.67 bits per heavy atom. The highest BCUT2D eigenvalue weighted by atomic mass is 16.5. The molecule has 0 unspecified atom stereocenters. The summed E-state index contributed by atoms with van der Waals surface area (Å²) in [4.78, 5) is 26.2. The number of carbonyl (C=O) groups is 2. The molecule has 2 heterocycles. The quantitative estimate of drug-likeness (QED) is 0.855. The third-order valence-corrected chi connectivity index (χ3v) is 4.63. The molecule has 2 rings (SSSR count). The molecule has 0 saturated carbocycles. The van der Waals surface area contributed by atoms with Crippen molar-refractivity contribution in [3.05, 3.63) is 0 Å². The lowest BCUT2D eigenvalue weighted by Gasteiger charge is -2.29. The molecule has 6 heteroatoms. The van der Waals surface area contributed by atoms with Crippen molar-refractivity contribution in [1.82, 2.24) is 10.2 Å². The average Bonchev–Trinajstić information content (AvgIpc) is 3.02. The largest absolute Gasteiger partial charge is 0.453 e. The minimum Gasteiger partial charge on any atom is -0.453 e. The summed E-state index contributed by atoms with van der Waals surface area (Å²) in [6.07, 6.45) is 1.42. The van der Waals surface area contributed by atoms with Crippen molar-refractivity contribution in [2.24, 2.45) is 11.3 Å². The van der Waals surface area contributed by atoms with Gasteiger partial charge in [0.2, 0.25) is 5.91 Å². The fourth-order valence-corrected chi connectivity index (χ4v) is 3.43. The molecule has 21 heavy (non-hydrogen) atoms. The van der Waals surface area contributed by atoms with Gasteiger partial charge in [0, 0.05) is 24.6 Å². The Bertz CT molecular complexity index is 404. The third-order valence-electron chi connectivity index (χ3n) is 4.63. The van der Waals surface area contributed by atoms with Crippen LogP contribution in [0.15, 0.2) is 0 Å². The van der Waals surface area contributed by atoms with Crippen LogP contribution in [0, 0.1) is 11.3 Å². The van der Waals surface area contributed by atoms with E-state index < -0.39 is 12.1 Å². The second-order valence-electron chi connectivity index (χ2n) is 6.68. The Kier molecular flexibility index (Phi) is 4.76. The first-order valence-corrected chi connectivity index (χ1v) is 7.61. The maximum Gasteiger partial charge on any atom is 0.407 e. The van der Waals surface area contributed by atoms with Crippen LogP contribution in [0.2, 0.25) is 0 Å². The number of ether oxygens (including phenoxy) is 2. The molecule has 0 aromatic heterocycles. The molecular formula is C15H26N2O4. The van der Waals surface area contributed by atoms with Gasteiger partial charge in [-0.05, 0) is 25.7 Å². The van der Waals surface area contributed by atoms with Crippen LogP contribution in [-0.4, -0.2) is 55.9 Å². The van der Waals surface area contributed by atoms with Crippen molar-refractivity contribution in [1.29, 1.82) is 0 Å². The molecule has 2 amide bonds. The van der Waals surface area contributed by atoms with E-state index in [0.717, 1.165) is 32.6 Å². The summed E-state index contributed by atoms with van der Waals surface area (Å²) < 4.78 is 10.1. The number of alkyl carbamates (subject to hydrolysis) is 1. The van der Waals surface area contributed by atoms with Crippen LogP contribution in [0.4, 0.5) is 4.79 Å². The van der Waals surface area contributed by atoms with E-state index in [2.05, 4.69) is 17.0 Å². The van der Waals surface area contributed by atoms with Gasteiger partial charge in [-0.25, -0.2) is 4.79 Å². The van der Waals surface area contributed by atoms with Gasteiger partial charge in [-0.1, -0.05) is 13.8 Å². The molecule has 0 radical (unpaired) electrons. The van der Waals surface area contributed by atoms with Crippen LogP contribution in [0.1, 0.15) is 33.6 Å². The molecule has 0 aromatic rings. The Morgan fingerprint density at radius 2 is 2.14 bits per heavy atom. The number of hydrogen-bond acceptors (Lipinski definition) is 4. The molecule has 1 spiro atoms. The summed E-state index contributed by atoms with van der Waals surface area (Å²) in [5, 5.41) is 2.66. The highest BCUT2D eigenvalue weighted by molar-refractivity contribution is 5.86. The minimum absolute atomic E-state index is 0.0141. The van der Waals surface area contributed by atoms with Crippen LogP contribution in [0.25, 0.3) is 0 Å². The zero-order valence-electron chi connectivity index (χ0n) is 13.3. The summed E-state index contributed by atoms with van der Waals surface area (Å²) >= 11 is 0. The zero-order valence-corrected chi connectivity index (χ0v) is 13.3. The highest BCUT2D eigenvalue weighted by Gasteiger charge is 2.47. The number of amides is 2. The second kappa shape index (κ2) is 6.22. The van der Waals surface area contributed by atoms with Crippen molar-refractivity contribution < 1.29 is 19.1 Å². The van der Waals surface area contributed by atoms with Crippen molar-refractivity contribution in [2.75, 3.05) is 26.9 Å². The topological polar surface area (TPSA) is 67.9 Å². The maximum absolute atomic E-state index is 12.8. The summed E-state index contributed by atoms with van der Waals surface area (Å²) in [6.45, 7) is 8.15. The number of hydrogen-bond donors (Lipinski definition) is 1. The summed E-state index contributed by atoms with van der Waals surface area (Å²) in [5.74, 6) is -0.00754. The lowest BCUT2D eigenvalue weighted by molar-refractivity contribution is -0.135. The molecule has 2 aliphatic rings. The number of methoxy groups -OCH3 is 1. The molecular weight excluding hydrogens is 272 g/mol. The van der Waals surface area contributed by atoms with Crippen molar-refractivity contribution >= 4 is 12.0 Å².